The zero-order valence-corrected chi connectivity index (χ0v) is 16.8. The molecule has 0 atom stereocenters. The standard InChI is InChI=1S/C20H16Cl2N2O5/c1-2-28-16-9-12(7-14-18(25)23-20(27)24-19(14)26)8-15(22)17(16)29-10-11-3-5-13(21)6-4-11/h3-9H,2,10H2,1H3,(H2,23,24,25,26,27). The highest BCUT2D eigenvalue weighted by molar-refractivity contribution is 6.33. The van der Waals surface area contributed by atoms with Crippen LogP contribution in [0, 0.1) is 0 Å². The fourth-order valence-electron chi connectivity index (χ4n) is 2.58. The number of amides is 4. The molecule has 0 aliphatic carbocycles. The predicted octanol–water partition coefficient (Wildman–Crippen LogP) is 3.72. The Bertz CT molecular complexity index is 981. The first-order valence-corrected chi connectivity index (χ1v) is 9.35. The molecule has 1 aliphatic rings. The fourth-order valence-corrected chi connectivity index (χ4v) is 2.98. The molecule has 2 aromatic carbocycles. The van der Waals surface area contributed by atoms with Gasteiger partial charge in [0.2, 0.25) is 0 Å². The number of halogens is 2. The third kappa shape index (κ3) is 5.07. The second-order valence-electron chi connectivity index (χ2n) is 5.97. The van der Waals surface area contributed by atoms with Gasteiger partial charge in [0.15, 0.2) is 11.5 Å². The Kier molecular flexibility index (Phi) is 6.41. The average molecular weight is 435 g/mol. The van der Waals surface area contributed by atoms with Crippen molar-refractivity contribution in [2.75, 3.05) is 6.61 Å². The lowest BCUT2D eigenvalue weighted by Crippen LogP contribution is -2.51. The molecule has 7 nitrogen and oxygen atoms in total. The molecule has 3 rings (SSSR count). The van der Waals surface area contributed by atoms with E-state index in [9.17, 15) is 14.4 Å². The number of carbonyl (C=O) groups is 3. The fraction of sp³-hybridized carbons (Fsp3) is 0.150. The van der Waals surface area contributed by atoms with Gasteiger partial charge in [-0.25, -0.2) is 4.79 Å². The Hall–Kier alpha value is -3.03. The summed E-state index contributed by atoms with van der Waals surface area (Å²) < 4.78 is 11.4. The third-order valence-corrected chi connectivity index (χ3v) is 4.42. The van der Waals surface area contributed by atoms with E-state index in [2.05, 4.69) is 0 Å². The van der Waals surface area contributed by atoms with Gasteiger partial charge in [0.25, 0.3) is 11.8 Å². The van der Waals surface area contributed by atoms with Gasteiger partial charge in [-0.2, -0.15) is 0 Å². The van der Waals surface area contributed by atoms with Crippen LogP contribution in [-0.2, 0) is 16.2 Å². The first-order valence-electron chi connectivity index (χ1n) is 8.59. The van der Waals surface area contributed by atoms with E-state index in [1.165, 1.54) is 12.1 Å². The van der Waals surface area contributed by atoms with E-state index < -0.39 is 17.8 Å². The summed E-state index contributed by atoms with van der Waals surface area (Å²) in [4.78, 5) is 35.0. The van der Waals surface area contributed by atoms with E-state index in [4.69, 9.17) is 32.7 Å². The number of imide groups is 2. The van der Waals surface area contributed by atoms with Gasteiger partial charge in [-0.05, 0) is 48.4 Å². The summed E-state index contributed by atoms with van der Waals surface area (Å²) in [6, 6.07) is 9.43. The summed E-state index contributed by atoms with van der Waals surface area (Å²) in [6.45, 7) is 2.39. The molecule has 1 fully saturated rings. The van der Waals surface area contributed by atoms with Crippen LogP contribution >= 0.6 is 23.2 Å². The minimum absolute atomic E-state index is 0.224. The number of hydrogen-bond acceptors (Lipinski definition) is 5. The normalized spacial score (nSPS) is 13.6. The lowest BCUT2D eigenvalue weighted by molar-refractivity contribution is -0.123. The van der Waals surface area contributed by atoms with Crippen molar-refractivity contribution in [3.05, 3.63) is 63.1 Å². The Balaban J connectivity index is 1.88. The Morgan fingerprint density at radius 1 is 0.966 bits per heavy atom. The largest absolute Gasteiger partial charge is 0.490 e. The SMILES string of the molecule is CCOc1cc(C=C2C(=O)NC(=O)NC2=O)cc(Cl)c1OCc1ccc(Cl)cc1. The van der Waals surface area contributed by atoms with Crippen LogP contribution < -0.4 is 20.1 Å². The lowest BCUT2D eigenvalue weighted by atomic mass is 10.1. The van der Waals surface area contributed by atoms with Crippen molar-refractivity contribution in [2.24, 2.45) is 0 Å². The van der Waals surface area contributed by atoms with Gasteiger partial charge in [0.05, 0.1) is 11.6 Å². The molecule has 0 saturated carbocycles. The minimum Gasteiger partial charge on any atom is -0.490 e. The summed E-state index contributed by atoms with van der Waals surface area (Å²) in [5.74, 6) is -0.904. The summed E-state index contributed by atoms with van der Waals surface area (Å²) in [6.07, 6.45) is 1.31. The summed E-state index contributed by atoms with van der Waals surface area (Å²) in [7, 11) is 0. The summed E-state index contributed by atoms with van der Waals surface area (Å²) >= 11 is 12.2. The first-order chi connectivity index (χ1) is 13.9. The molecule has 9 heteroatoms. The molecule has 0 bridgehead atoms. The van der Waals surface area contributed by atoms with Gasteiger partial charge < -0.3 is 9.47 Å². The van der Waals surface area contributed by atoms with E-state index in [-0.39, 0.29) is 17.2 Å². The van der Waals surface area contributed by atoms with Crippen LogP contribution in [0.1, 0.15) is 18.1 Å². The number of benzene rings is 2. The Morgan fingerprint density at radius 2 is 1.62 bits per heavy atom. The topological polar surface area (TPSA) is 93.7 Å². The van der Waals surface area contributed by atoms with Crippen molar-refractivity contribution in [1.82, 2.24) is 10.6 Å². The van der Waals surface area contributed by atoms with Crippen molar-refractivity contribution in [2.45, 2.75) is 13.5 Å². The van der Waals surface area contributed by atoms with E-state index in [1.807, 2.05) is 22.8 Å². The van der Waals surface area contributed by atoms with E-state index in [0.29, 0.717) is 28.7 Å². The zero-order chi connectivity index (χ0) is 21.0. The molecule has 4 amide bonds. The maximum absolute atomic E-state index is 11.9. The second kappa shape index (κ2) is 8.98. The van der Waals surface area contributed by atoms with Gasteiger partial charge in [-0.3, -0.25) is 20.2 Å². The quantitative estimate of drug-likeness (QED) is 0.533. The smallest absolute Gasteiger partial charge is 0.328 e. The molecule has 0 spiro atoms. The maximum atomic E-state index is 11.9. The number of barbiturate groups is 1. The zero-order valence-electron chi connectivity index (χ0n) is 15.3. The van der Waals surface area contributed by atoms with Crippen LogP contribution in [-0.4, -0.2) is 24.5 Å². The summed E-state index contributed by atoms with van der Waals surface area (Å²) in [5.41, 5.74) is 1.10. The number of rotatable bonds is 6. The molecule has 1 saturated heterocycles. The van der Waals surface area contributed by atoms with Crippen LogP contribution in [0.2, 0.25) is 10.0 Å². The van der Waals surface area contributed by atoms with Crippen LogP contribution in [0.3, 0.4) is 0 Å². The van der Waals surface area contributed by atoms with Crippen LogP contribution in [0.15, 0.2) is 42.0 Å². The summed E-state index contributed by atoms with van der Waals surface area (Å²) in [5, 5.41) is 4.89. The van der Waals surface area contributed by atoms with Crippen molar-refractivity contribution >= 4 is 47.1 Å². The van der Waals surface area contributed by atoms with Crippen molar-refractivity contribution in [3.63, 3.8) is 0 Å². The van der Waals surface area contributed by atoms with Crippen LogP contribution in [0.25, 0.3) is 6.08 Å². The first kappa shape index (κ1) is 20.7. The maximum Gasteiger partial charge on any atom is 0.328 e. The monoisotopic (exact) mass is 434 g/mol. The molecule has 2 aromatic rings. The molecule has 1 heterocycles. The molecular weight excluding hydrogens is 419 g/mol. The Morgan fingerprint density at radius 3 is 2.24 bits per heavy atom. The van der Waals surface area contributed by atoms with Gasteiger partial charge in [0, 0.05) is 5.02 Å². The molecule has 1 aliphatic heterocycles. The van der Waals surface area contributed by atoms with E-state index in [1.54, 1.807) is 25.1 Å². The molecule has 150 valence electrons. The molecule has 29 heavy (non-hydrogen) atoms. The lowest BCUT2D eigenvalue weighted by Gasteiger charge is -2.16. The molecule has 0 unspecified atom stereocenters. The van der Waals surface area contributed by atoms with Crippen LogP contribution in [0.5, 0.6) is 11.5 Å². The number of hydrogen-bond donors (Lipinski definition) is 2. The Labute approximate surface area is 176 Å². The highest BCUT2D eigenvalue weighted by Gasteiger charge is 2.28. The number of carbonyl (C=O) groups excluding carboxylic acids is 3. The third-order valence-electron chi connectivity index (χ3n) is 3.88. The van der Waals surface area contributed by atoms with Crippen molar-refractivity contribution < 1.29 is 23.9 Å². The molecular formula is C20H16Cl2N2O5. The predicted molar refractivity (Wildman–Crippen MR) is 108 cm³/mol. The van der Waals surface area contributed by atoms with Gasteiger partial charge in [-0.1, -0.05) is 35.3 Å². The number of ether oxygens (including phenoxy) is 2. The molecule has 0 radical (unpaired) electrons. The molecule has 2 N–H and O–H groups in total. The minimum atomic E-state index is -0.865. The molecule has 0 aromatic heterocycles. The highest BCUT2D eigenvalue weighted by Crippen LogP contribution is 2.38. The number of nitrogens with one attached hydrogen (secondary N) is 2. The van der Waals surface area contributed by atoms with Gasteiger partial charge in [-0.15, -0.1) is 0 Å². The van der Waals surface area contributed by atoms with E-state index >= 15 is 0 Å². The number of urea groups is 1. The van der Waals surface area contributed by atoms with Crippen LogP contribution in [0.4, 0.5) is 4.79 Å². The van der Waals surface area contributed by atoms with Crippen molar-refractivity contribution in [3.8, 4) is 11.5 Å². The second-order valence-corrected chi connectivity index (χ2v) is 6.82. The van der Waals surface area contributed by atoms with E-state index in [0.717, 1.165) is 5.56 Å². The van der Waals surface area contributed by atoms with Crippen molar-refractivity contribution in [1.29, 1.82) is 0 Å². The average Bonchev–Trinajstić information content (AvgIpc) is 2.65. The van der Waals surface area contributed by atoms with Gasteiger partial charge >= 0.3 is 6.03 Å². The van der Waals surface area contributed by atoms with Gasteiger partial charge in [0.1, 0.15) is 12.2 Å². The highest BCUT2D eigenvalue weighted by atomic mass is 35.5.